The average Bonchev–Trinajstić information content (AvgIpc) is 2.70. The maximum atomic E-state index is 13.9. The van der Waals surface area contributed by atoms with Crippen molar-refractivity contribution in [2.24, 2.45) is 5.92 Å². The van der Waals surface area contributed by atoms with E-state index < -0.39 is 5.82 Å². The second kappa shape index (κ2) is 4.72. The standard InChI is InChI=1S/C13H15FN2O/c1-9-4-5-16(13(9)8-17)12-3-2-10(7-15)6-11(12)14/h2-3,6,9,13,17H,4-5,8H2,1H3. The van der Waals surface area contributed by atoms with E-state index in [1.807, 2.05) is 11.0 Å². The van der Waals surface area contributed by atoms with Crippen LogP contribution in [0.25, 0.3) is 0 Å². The van der Waals surface area contributed by atoms with Crippen LogP contribution in [-0.4, -0.2) is 24.3 Å². The molecule has 0 radical (unpaired) electrons. The molecule has 1 aliphatic rings. The van der Waals surface area contributed by atoms with E-state index in [1.165, 1.54) is 6.07 Å². The zero-order valence-electron chi connectivity index (χ0n) is 9.73. The van der Waals surface area contributed by atoms with Crippen molar-refractivity contribution in [2.45, 2.75) is 19.4 Å². The Morgan fingerprint density at radius 1 is 1.59 bits per heavy atom. The van der Waals surface area contributed by atoms with Crippen LogP contribution < -0.4 is 4.90 Å². The zero-order valence-corrected chi connectivity index (χ0v) is 9.73. The third-order valence-electron chi connectivity index (χ3n) is 3.46. The topological polar surface area (TPSA) is 47.3 Å². The van der Waals surface area contributed by atoms with Crippen LogP contribution in [0, 0.1) is 23.1 Å². The van der Waals surface area contributed by atoms with Gasteiger partial charge in [0, 0.05) is 6.54 Å². The summed E-state index contributed by atoms with van der Waals surface area (Å²) < 4.78 is 13.9. The van der Waals surface area contributed by atoms with E-state index in [0.717, 1.165) is 13.0 Å². The van der Waals surface area contributed by atoms with Gasteiger partial charge in [0.25, 0.3) is 0 Å². The second-order valence-electron chi connectivity index (χ2n) is 4.49. The Bertz CT molecular complexity index is 455. The molecule has 2 atom stereocenters. The minimum absolute atomic E-state index is 0.0284. The van der Waals surface area contributed by atoms with Gasteiger partial charge in [-0.05, 0) is 30.5 Å². The number of aliphatic hydroxyl groups excluding tert-OH is 1. The molecule has 2 unspecified atom stereocenters. The van der Waals surface area contributed by atoms with Gasteiger partial charge in [0.15, 0.2) is 0 Å². The number of hydrogen-bond acceptors (Lipinski definition) is 3. The fraction of sp³-hybridized carbons (Fsp3) is 0.462. The number of anilines is 1. The first kappa shape index (κ1) is 11.9. The van der Waals surface area contributed by atoms with Crippen LogP contribution in [0.1, 0.15) is 18.9 Å². The predicted octanol–water partition coefficient (Wildman–Crippen LogP) is 1.90. The molecule has 0 saturated carbocycles. The molecule has 1 saturated heterocycles. The average molecular weight is 234 g/mol. The van der Waals surface area contributed by atoms with Crippen molar-refractivity contribution in [1.82, 2.24) is 0 Å². The van der Waals surface area contributed by atoms with Crippen LogP contribution in [0.4, 0.5) is 10.1 Å². The summed E-state index contributed by atoms with van der Waals surface area (Å²) in [6.07, 6.45) is 0.949. The van der Waals surface area contributed by atoms with Crippen molar-refractivity contribution in [2.75, 3.05) is 18.1 Å². The van der Waals surface area contributed by atoms with Crippen LogP contribution in [0.3, 0.4) is 0 Å². The lowest BCUT2D eigenvalue weighted by Gasteiger charge is -2.27. The van der Waals surface area contributed by atoms with Crippen LogP contribution in [0.15, 0.2) is 18.2 Å². The van der Waals surface area contributed by atoms with E-state index >= 15 is 0 Å². The number of aliphatic hydroxyl groups is 1. The van der Waals surface area contributed by atoms with Gasteiger partial charge in [-0.3, -0.25) is 0 Å². The molecule has 17 heavy (non-hydrogen) atoms. The van der Waals surface area contributed by atoms with E-state index in [2.05, 4.69) is 6.92 Å². The van der Waals surface area contributed by atoms with Crippen LogP contribution in [-0.2, 0) is 0 Å². The molecule has 2 rings (SSSR count). The Labute approximate surface area is 100 Å². The van der Waals surface area contributed by atoms with Crippen molar-refractivity contribution < 1.29 is 9.50 Å². The Kier molecular flexibility index (Phi) is 3.30. The van der Waals surface area contributed by atoms with Gasteiger partial charge in [-0.1, -0.05) is 6.92 Å². The third-order valence-corrected chi connectivity index (χ3v) is 3.46. The maximum absolute atomic E-state index is 13.9. The first-order chi connectivity index (χ1) is 8.17. The van der Waals surface area contributed by atoms with E-state index in [1.54, 1.807) is 12.1 Å². The van der Waals surface area contributed by atoms with Crippen LogP contribution in [0.5, 0.6) is 0 Å². The molecule has 1 fully saturated rings. The van der Waals surface area contributed by atoms with E-state index in [-0.39, 0.29) is 12.6 Å². The minimum atomic E-state index is -0.392. The highest BCUT2D eigenvalue weighted by atomic mass is 19.1. The van der Waals surface area contributed by atoms with Crippen molar-refractivity contribution in [3.8, 4) is 6.07 Å². The van der Waals surface area contributed by atoms with Gasteiger partial charge in [0.05, 0.1) is 30.0 Å². The number of nitriles is 1. The highest BCUT2D eigenvalue weighted by molar-refractivity contribution is 5.53. The molecule has 1 N–H and O–H groups in total. The first-order valence-electron chi connectivity index (χ1n) is 5.74. The molecule has 0 aliphatic carbocycles. The monoisotopic (exact) mass is 234 g/mol. The zero-order chi connectivity index (χ0) is 12.4. The molecule has 0 spiro atoms. The molecule has 1 aromatic carbocycles. The van der Waals surface area contributed by atoms with Crippen molar-refractivity contribution in [3.05, 3.63) is 29.6 Å². The highest BCUT2D eigenvalue weighted by Crippen LogP contribution is 2.31. The lowest BCUT2D eigenvalue weighted by atomic mass is 10.0. The predicted molar refractivity (Wildman–Crippen MR) is 63.1 cm³/mol. The number of nitrogens with zero attached hydrogens (tertiary/aromatic N) is 2. The lowest BCUT2D eigenvalue weighted by molar-refractivity contribution is 0.244. The van der Waals surface area contributed by atoms with Gasteiger partial charge in [-0.15, -0.1) is 0 Å². The third kappa shape index (κ3) is 2.11. The minimum Gasteiger partial charge on any atom is -0.394 e. The van der Waals surface area contributed by atoms with Crippen LogP contribution in [0.2, 0.25) is 0 Å². The number of halogens is 1. The fourth-order valence-electron chi connectivity index (χ4n) is 2.40. The van der Waals surface area contributed by atoms with E-state index in [0.29, 0.717) is 17.2 Å². The van der Waals surface area contributed by atoms with Gasteiger partial charge >= 0.3 is 0 Å². The van der Waals surface area contributed by atoms with Crippen molar-refractivity contribution >= 4 is 5.69 Å². The number of hydrogen-bond donors (Lipinski definition) is 1. The fourth-order valence-corrected chi connectivity index (χ4v) is 2.40. The molecule has 90 valence electrons. The number of benzene rings is 1. The first-order valence-corrected chi connectivity index (χ1v) is 5.74. The molecule has 1 aliphatic heterocycles. The summed E-state index contributed by atoms with van der Waals surface area (Å²) >= 11 is 0. The Balaban J connectivity index is 2.32. The Morgan fingerprint density at radius 2 is 2.35 bits per heavy atom. The molecular weight excluding hydrogens is 219 g/mol. The maximum Gasteiger partial charge on any atom is 0.147 e. The summed E-state index contributed by atoms with van der Waals surface area (Å²) in [6.45, 7) is 2.83. The Morgan fingerprint density at radius 3 is 2.94 bits per heavy atom. The molecular formula is C13H15FN2O. The second-order valence-corrected chi connectivity index (χ2v) is 4.49. The van der Waals surface area contributed by atoms with Crippen molar-refractivity contribution in [3.63, 3.8) is 0 Å². The summed E-state index contributed by atoms with van der Waals surface area (Å²) in [5, 5.41) is 18.0. The molecule has 1 heterocycles. The van der Waals surface area contributed by atoms with Gasteiger partial charge in [0.2, 0.25) is 0 Å². The quantitative estimate of drug-likeness (QED) is 0.850. The van der Waals surface area contributed by atoms with E-state index in [4.69, 9.17) is 5.26 Å². The number of rotatable bonds is 2. The van der Waals surface area contributed by atoms with E-state index in [9.17, 15) is 9.50 Å². The molecule has 0 aromatic heterocycles. The summed E-state index contributed by atoms with van der Waals surface area (Å²) in [7, 11) is 0. The lowest BCUT2D eigenvalue weighted by Crippen LogP contribution is -2.35. The van der Waals surface area contributed by atoms with Gasteiger partial charge in [-0.25, -0.2) is 4.39 Å². The molecule has 0 amide bonds. The summed E-state index contributed by atoms with van der Waals surface area (Å²) in [4.78, 5) is 1.89. The summed E-state index contributed by atoms with van der Waals surface area (Å²) in [5.41, 5.74) is 0.798. The normalized spacial score (nSPS) is 23.8. The van der Waals surface area contributed by atoms with Crippen LogP contribution >= 0.6 is 0 Å². The molecule has 0 bridgehead atoms. The Hall–Kier alpha value is -1.60. The smallest absolute Gasteiger partial charge is 0.147 e. The summed E-state index contributed by atoms with van der Waals surface area (Å²) in [5.74, 6) is -0.0355. The van der Waals surface area contributed by atoms with Gasteiger partial charge < -0.3 is 10.0 Å². The highest BCUT2D eigenvalue weighted by Gasteiger charge is 2.31. The largest absolute Gasteiger partial charge is 0.394 e. The molecule has 1 aromatic rings. The molecule has 4 heteroatoms. The SMILES string of the molecule is CC1CCN(c2ccc(C#N)cc2F)C1CO. The summed E-state index contributed by atoms with van der Waals surface area (Å²) in [6, 6.07) is 6.35. The van der Waals surface area contributed by atoms with Gasteiger partial charge in [-0.2, -0.15) is 5.26 Å². The van der Waals surface area contributed by atoms with Gasteiger partial charge in [0.1, 0.15) is 5.82 Å². The molecule has 3 nitrogen and oxygen atoms in total. The van der Waals surface area contributed by atoms with Crippen molar-refractivity contribution in [1.29, 1.82) is 5.26 Å².